The SMILES string of the molecule is CC1CC2CC(C1)N2C(=O)Nc1ccc(Cl)c([C@H]2CC[C@@H]2n2cnnc2)c1. The molecule has 1 aromatic carbocycles. The highest BCUT2D eigenvalue weighted by Gasteiger charge is 2.46. The van der Waals surface area contributed by atoms with Crippen LogP contribution in [0.3, 0.4) is 0 Å². The van der Waals surface area contributed by atoms with E-state index in [2.05, 4.69) is 27.0 Å². The van der Waals surface area contributed by atoms with Crippen LogP contribution in [0.5, 0.6) is 0 Å². The van der Waals surface area contributed by atoms with Crippen molar-refractivity contribution < 1.29 is 4.79 Å². The van der Waals surface area contributed by atoms with Crippen molar-refractivity contribution in [2.24, 2.45) is 5.92 Å². The van der Waals surface area contributed by atoms with Crippen molar-refractivity contribution in [3.05, 3.63) is 41.4 Å². The lowest BCUT2D eigenvalue weighted by atomic mass is 9.74. The third-order valence-electron chi connectivity index (χ3n) is 6.62. The summed E-state index contributed by atoms with van der Waals surface area (Å²) >= 11 is 6.50. The van der Waals surface area contributed by atoms with E-state index in [4.69, 9.17) is 11.6 Å². The Morgan fingerprint density at radius 3 is 2.56 bits per heavy atom. The number of anilines is 1. The Kier molecular flexibility index (Phi) is 4.11. The minimum atomic E-state index is 0.0281. The van der Waals surface area contributed by atoms with Gasteiger partial charge in [0.2, 0.25) is 0 Å². The summed E-state index contributed by atoms with van der Waals surface area (Å²) in [7, 11) is 0. The predicted octanol–water partition coefficient (Wildman–Crippen LogP) is 4.45. The van der Waals surface area contributed by atoms with Crippen molar-refractivity contribution in [1.29, 1.82) is 0 Å². The standard InChI is InChI=1S/C20H24ClN5O/c1-12-6-14-9-15(7-12)26(14)20(27)24-13-2-4-18(21)17(8-13)16-3-5-19(16)25-10-22-23-11-25/h2,4,8,10-12,14-16,19H,3,5-7,9H2,1H3,(H,24,27)/t12?,14?,15?,16-,19+/m1/s1. The molecule has 4 aliphatic rings. The zero-order valence-electron chi connectivity index (χ0n) is 15.4. The van der Waals surface area contributed by atoms with E-state index >= 15 is 0 Å². The molecule has 4 fully saturated rings. The van der Waals surface area contributed by atoms with Crippen LogP contribution >= 0.6 is 11.6 Å². The first-order valence-electron chi connectivity index (χ1n) is 9.83. The number of urea groups is 1. The van der Waals surface area contributed by atoms with Crippen LogP contribution in [-0.2, 0) is 0 Å². The highest BCUT2D eigenvalue weighted by atomic mass is 35.5. The van der Waals surface area contributed by atoms with Crippen molar-refractivity contribution in [1.82, 2.24) is 19.7 Å². The first kappa shape index (κ1) is 17.0. The number of amides is 2. The molecule has 0 spiro atoms. The van der Waals surface area contributed by atoms with Crippen molar-refractivity contribution in [2.45, 2.75) is 63.1 Å². The van der Waals surface area contributed by atoms with Crippen LogP contribution in [-0.4, -0.2) is 37.8 Å². The van der Waals surface area contributed by atoms with E-state index in [1.54, 1.807) is 12.7 Å². The fourth-order valence-electron chi connectivity index (χ4n) is 5.15. The molecule has 6 nitrogen and oxygen atoms in total. The minimum absolute atomic E-state index is 0.0281. The maximum absolute atomic E-state index is 12.8. The Balaban J connectivity index is 1.32. The van der Waals surface area contributed by atoms with Gasteiger partial charge in [-0.25, -0.2) is 4.79 Å². The Hall–Kier alpha value is -2.08. The molecule has 2 aliphatic carbocycles. The van der Waals surface area contributed by atoms with E-state index in [9.17, 15) is 4.79 Å². The molecule has 1 N–H and O–H groups in total. The van der Waals surface area contributed by atoms with Crippen molar-refractivity contribution in [3.8, 4) is 0 Å². The van der Waals surface area contributed by atoms with Crippen LogP contribution < -0.4 is 5.32 Å². The molecular weight excluding hydrogens is 362 g/mol. The number of nitrogens with one attached hydrogen (secondary N) is 1. The molecule has 7 heteroatoms. The summed E-state index contributed by atoms with van der Waals surface area (Å²) in [5.74, 6) is 1.06. The number of nitrogens with zero attached hydrogens (tertiary/aromatic N) is 4. The second-order valence-corrected chi connectivity index (χ2v) is 8.76. The molecular formula is C20H24ClN5O. The fraction of sp³-hybridized carbons (Fsp3) is 0.550. The van der Waals surface area contributed by atoms with Gasteiger partial charge in [0.15, 0.2) is 0 Å². The number of piperidine rings is 1. The van der Waals surface area contributed by atoms with Crippen molar-refractivity contribution in [3.63, 3.8) is 0 Å². The summed E-state index contributed by atoms with van der Waals surface area (Å²) in [6.45, 7) is 2.28. The summed E-state index contributed by atoms with van der Waals surface area (Å²) in [5.41, 5.74) is 1.92. The average Bonchev–Trinajstić information content (AvgIpc) is 3.10. The topological polar surface area (TPSA) is 63.1 Å². The molecule has 2 unspecified atom stereocenters. The second kappa shape index (κ2) is 6.51. The lowest BCUT2D eigenvalue weighted by molar-refractivity contribution is -0.00601. The van der Waals surface area contributed by atoms with Crippen LogP contribution in [0.4, 0.5) is 10.5 Å². The van der Waals surface area contributed by atoms with Crippen LogP contribution in [0.15, 0.2) is 30.9 Å². The summed E-state index contributed by atoms with van der Waals surface area (Å²) in [4.78, 5) is 14.8. The molecule has 2 aliphatic heterocycles. The summed E-state index contributed by atoms with van der Waals surface area (Å²) in [6, 6.07) is 7.02. The van der Waals surface area contributed by atoms with Gasteiger partial charge in [-0.2, -0.15) is 0 Å². The largest absolute Gasteiger partial charge is 0.322 e. The Labute approximate surface area is 163 Å². The van der Waals surface area contributed by atoms with E-state index in [1.165, 1.54) is 0 Å². The first-order chi connectivity index (χ1) is 13.1. The minimum Gasteiger partial charge on any atom is -0.318 e. The van der Waals surface area contributed by atoms with Gasteiger partial charge in [-0.15, -0.1) is 10.2 Å². The molecule has 27 heavy (non-hydrogen) atoms. The molecule has 142 valence electrons. The van der Waals surface area contributed by atoms with E-state index in [0.29, 0.717) is 24.0 Å². The van der Waals surface area contributed by atoms with E-state index in [-0.39, 0.29) is 6.03 Å². The normalized spacial score (nSPS) is 31.8. The van der Waals surface area contributed by atoms with Crippen molar-refractivity contribution in [2.75, 3.05) is 5.32 Å². The smallest absolute Gasteiger partial charge is 0.318 e. The molecule has 6 rings (SSSR count). The fourth-order valence-corrected chi connectivity index (χ4v) is 5.41. The number of benzene rings is 1. The maximum atomic E-state index is 12.8. The highest BCUT2D eigenvalue weighted by molar-refractivity contribution is 6.31. The van der Waals surface area contributed by atoms with Gasteiger partial charge in [-0.1, -0.05) is 18.5 Å². The Morgan fingerprint density at radius 1 is 1.15 bits per heavy atom. The zero-order chi connectivity index (χ0) is 18.5. The predicted molar refractivity (Wildman–Crippen MR) is 104 cm³/mol. The van der Waals surface area contributed by atoms with Gasteiger partial charge in [-0.3, -0.25) is 0 Å². The summed E-state index contributed by atoms with van der Waals surface area (Å²) in [5, 5.41) is 11.7. The maximum Gasteiger partial charge on any atom is 0.322 e. The number of carbonyl (C=O) groups excluding carboxylic acids is 1. The van der Waals surface area contributed by atoms with Crippen LogP contribution in [0.25, 0.3) is 0 Å². The molecule has 4 atom stereocenters. The molecule has 2 aromatic rings. The molecule has 2 bridgehead atoms. The number of hydrogen-bond acceptors (Lipinski definition) is 3. The van der Waals surface area contributed by atoms with E-state index < -0.39 is 0 Å². The zero-order valence-corrected chi connectivity index (χ0v) is 16.1. The molecule has 2 saturated heterocycles. The monoisotopic (exact) mass is 385 g/mol. The lowest BCUT2D eigenvalue weighted by Gasteiger charge is -2.54. The van der Waals surface area contributed by atoms with Crippen LogP contribution in [0, 0.1) is 5.92 Å². The lowest BCUT2D eigenvalue weighted by Crippen LogP contribution is -2.63. The van der Waals surface area contributed by atoms with E-state index in [0.717, 1.165) is 54.3 Å². The first-order valence-corrected chi connectivity index (χ1v) is 10.2. The number of halogens is 1. The average molecular weight is 386 g/mol. The Bertz CT molecular complexity index is 842. The number of hydrogen-bond donors (Lipinski definition) is 1. The second-order valence-electron chi connectivity index (χ2n) is 8.35. The van der Waals surface area contributed by atoms with Gasteiger partial charge in [0.1, 0.15) is 12.7 Å². The quantitative estimate of drug-likeness (QED) is 0.848. The van der Waals surface area contributed by atoms with Gasteiger partial charge >= 0.3 is 6.03 Å². The number of rotatable bonds is 3. The van der Waals surface area contributed by atoms with Gasteiger partial charge in [0.05, 0.1) is 0 Å². The molecule has 2 saturated carbocycles. The van der Waals surface area contributed by atoms with Gasteiger partial charge in [0.25, 0.3) is 0 Å². The number of aromatic nitrogens is 3. The van der Waals surface area contributed by atoms with Crippen LogP contribution in [0.1, 0.15) is 56.6 Å². The third kappa shape index (κ3) is 2.90. The number of fused-ring (bicyclic) bond motifs is 2. The van der Waals surface area contributed by atoms with Crippen molar-refractivity contribution >= 4 is 23.3 Å². The highest BCUT2D eigenvalue weighted by Crippen LogP contribution is 2.48. The third-order valence-corrected chi connectivity index (χ3v) is 6.96. The van der Waals surface area contributed by atoms with Gasteiger partial charge in [0, 0.05) is 34.8 Å². The summed E-state index contributed by atoms with van der Waals surface area (Å²) in [6.07, 6.45) is 9.10. The summed E-state index contributed by atoms with van der Waals surface area (Å²) < 4.78 is 2.05. The van der Waals surface area contributed by atoms with Gasteiger partial charge in [-0.05, 0) is 61.8 Å². The molecule has 2 amide bonds. The molecule has 3 heterocycles. The van der Waals surface area contributed by atoms with Crippen LogP contribution in [0.2, 0.25) is 5.02 Å². The van der Waals surface area contributed by atoms with E-state index in [1.807, 2.05) is 23.1 Å². The Morgan fingerprint density at radius 2 is 1.89 bits per heavy atom. The molecule has 0 radical (unpaired) electrons. The number of carbonyl (C=O) groups is 1. The van der Waals surface area contributed by atoms with Gasteiger partial charge < -0.3 is 14.8 Å². The molecule has 1 aromatic heterocycles.